The van der Waals surface area contributed by atoms with Crippen LogP contribution in [0, 0.1) is 0 Å². The summed E-state index contributed by atoms with van der Waals surface area (Å²) in [7, 11) is -3.29. The Morgan fingerprint density at radius 1 is 1.04 bits per heavy atom. The van der Waals surface area contributed by atoms with Gasteiger partial charge in [-0.1, -0.05) is 73.4 Å². The molecule has 0 spiro atoms. The van der Waals surface area contributed by atoms with Crippen molar-refractivity contribution >= 4 is 46.8 Å². The van der Waals surface area contributed by atoms with Crippen molar-refractivity contribution in [1.82, 2.24) is 4.67 Å². The van der Waals surface area contributed by atoms with E-state index in [-0.39, 0.29) is 0 Å². The molecule has 0 N–H and O–H groups in total. The van der Waals surface area contributed by atoms with Crippen molar-refractivity contribution in [3.8, 4) is 0 Å². The molecule has 0 aromatic heterocycles. The van der Waals surface area contributed by atoms with Crippen LogP contribution < -0.4 is 5.30 Å². The number of hydrogen-bond acceptors (Lipinski definition) is 2. The monoisotopic (exact) mass is 381 g/mol. The smallest absolute Gasteiger partial charge is 0.350 e. The van der Waals surface area contributed by atoms with E-state index in [2.05, 4.69) is 0 Å². The molecule has 6 heteroatoms. The highest BCUT2D eigenvalue weighted by molar-refractivity contribution is 7.65. The summed E-state index contributed by atoms with van der Waals surface area (Å²) in [5.74, 6) is 0.447. The van der Waals surface area contributed by atoms with Gasteiger partial charge in [0.2, 0.25) is 0 Å². The van der Waals surface area contributed by atoms with Gasteiger partial charge in [0.1, 0.15) is 0 Å². The second kappa shape index (κ2) is 6.93. The molecule has 1 aliphatic rings. The number of fused-ring (bicyclic) bond motifs is 1. The SMILES string of the molecule is CCN(CC)P1(=O)OC(c2ccccc2)=C(Cl)c2ccc(Cl)cc21. The van der Waals surface area contributed by atoms with Crippen LogP contribution in [0.5, 0.6) is 0 Å². The van der Waals surface area contributed by atoms with Gasteiger partial charge in [-0.15, -0.1) is 0 Å². The highest BCUT2D eigenvalue weighted by atomic mass is 35.5. The van der Waals surface area contributed by atoms with Crippen molar-refractivity contribution in [2.24, 2.45) is 0 Å². The molecule has 3 nitrogen and oxygen atoms in total. The third-order valence-electron chi connectivity index (χ3n) is 4.05. The maximum atomic E-state index is 13.9. The number of hydrogen-bond donors (Lipinski definition) is 0. The molecule has 1 atom stereocenters. The maximum Gasteiger partial charge on any atom is 0.350 e. The van der Waals surface area contributed by atoms with Gasteiger partial charge in [0, 0.05) is 29.2 Å². The maximum absolute atomic E-state index is 13.9. The second-order valence-electron chi connectivity index (χ2n) is 5.42. The lowest BCUT2D eigenvalue weighted by Gasteiger charge is -2.35. The van der Waals surface area contributed by atoms with Crippen molar-refractivity contribution in [3.63, 3.8) is 0 Å². The van der Waals surface area contributed by atoms with Crippen LogP contribution in [-0.4, -0.2) is 17.8 Å². The van der Waals surface area contributed by atoms with Crippen molar-refractivity contribution in [2.75, 3.05) is 13.1 Å². The first-order valence-electron chi connectivity index (χ1n) is 7.82. The van der Waals surface area contributed by atoms with Crippen LogP contribution in [0.3, 0.4) is 0 Å². The fourth-order valence-corrected chi connectivity index (χ4v) is 6.02. The number of rotatable bonds is 4. The molecular formula is C18H18Cl2NO2P. The van der Waals surface area contributed by atoms with Crippen LogP contribution in [0.25, 0.3) is 10.8 Å². The minimum Gasteiger partial charge on any atom is -0.427 e. The molecule has 0 radical (unpaired) electrons. The number of benzene rings is 2. The topological polar surface area (TPSA) is 29.5 Å². The molecule has 0 saturated heterocycles. The zero-order valence-corrected chi connectivity index (χ0v) is 15.9. The summed E-state index contributed by atoms with van der Waals surface area (Å²) < 4.78 is 21.7. The first-order chi connectivity index (χ1) is 11.5. The molecule has 3 rings (SSSR count). The van der Waals surface area contributed by atoms with Gasteiger partial charge in [-0.05, 0) is 12.1 Å². The third kappa shape index (κ3) is 2.91. The molecule has 2 aromatic carbocycles. The van der Waals surface area contributed by atoms with E-state index >= 15 is 0 Å². The molecule has 0 fully saturated rings. The zero-order valence-electron chi connectivity index (χ0n) is 13.5. The summed E-state index contributed by atoms with van der Waals surface area (Å²) in [4.78, 5) is 0. The van der Waals surface area contributed by atoms with E-state index in [1.54, 1.807) is 12.1 Å². The highest BCUT2D eigenvalue weighted by Gasteiger charge is 2.41. The molecule has 1 unspecified atom stereocenters. The van der Waals surface area contributed by atoms with Crippen LogP contribution in [-0.2, 0) is 9.09 Å². The van der Waals surface area contributed by atoms with E-state index in [0.717, 1.165) is 5.56 Å². The lowest BCUT2D eigenvalue weighted by atomic mass is 10.1. The predicted molar refractivity (Wildman–Crippen MR) is 102 cm³/mol. The van der Waals surface area contributed by atoms with Crippen molar-refractivity contribution in [1.29, 1.82) is 0 Å². The quantitative estimate of drug-likeness (QED) is 0.646. The molecule has 0 saturated carbocycles. The molecule has 126 valence electrons. The molecule has 24 heavy (non-hydrogen) atoms. The van der Waals surface area contributed by atoms with Crippen molar-refractivity contribution in [2.45, 2.75) is 13.8 Å². The first kappa shape index (κ1) is 17.6. The lowest BCUT2D eigenvalue weighted by molar-refractivity contribution is 0.367. The third-order valence-corrected chi connectivity index (χ3v) is 7.38. The average molecular weight is 382 g/mol. The van der Waals surface area contributed by atoms with Crippen LogP contribution in [0.4, 0.5) is 0 Å². The van der Waals surface area contributed by atoms with Gasteiger partial charge in [-0.25, -0.2) is 4.67 Å². The molecule has 1 heterocycles. The van der Waals surface area contributed by atoms with Gasteiger partial charge >= 0.3 is 7.52 Å². The average Bonchev–Trinajstić information content (AvgIpc) is 2.60. The van der Waals surface area contributed by atoms with E-state index in [4.69, 9.17) is 27.7 Å². The van der Waals surface area contributed by atoms with Crippen molar-refractivity contribution < 1.29 is 9.09 Å². The number of nitrogens with zero attached hydrogens (tertiary/aromatic N) is 1. The lowest BCUT2D eigenvalue weighted by Crippen LogP contribution is -2.30. The minimum absolute atomic E-state index is 0.447. The second-order valence-corrected chi connectivity index (χ2v) is 8.51. The molecule has 0 bridgehead atoms. The first-order valence-corrected chi connectivity index (χ1v) is 10.1. The zero-order chi connectivity index (χ0) is 17.3. The van der Waals surface area contributed by atoms with Crippen molar-refractivity contribution in [3.05, 3.63) is 64.7 Å². The van der Waals surface area contributed by atoms with Crippen LogP contribution >= 0.6 is 30.7 Å². The number of halogens is 2. The Morgan fingerprint density at radius 2 is 1.71 bits per heavy atom. The van der Waals surface area contributed by atoms with Gasteiger partial charge in [0.15, 0.2) is 5.76 Å². The Labute approximate surface area is 152 Å². The molecular weight excluding hydrogens is 364 g/mol. The molecule has 2 aromatic rings. The van der Waals surface area contributed by atoms with E-state index in [1.807, 2.05) is 54.9 Å². The predicted octanol–water partition coefficient (Wildman–Crippen LogP) is 5.60. The summed E-state index contributed by atoms with van der Waals surface area (Å²) in [6.45, 7) is 5.11. The summed E-state index contributed by atoms with van der Waals surface area (Å²) in [5.41, 5.74) is 1.51. The van der Waals surface area contributed by atoms with Gasteiger partial charge in [-0.2, -0.15) is 0 Å². The van der Waals surface area contributed by atoms with Gasteiger partial charge < -0.3 is 4.52 Å². The van der Waals surface area contributed by atoms with Crippen LogP contribution in [0.2, 0.25) is 5.02 Å². The standard InChI is InChI=1S/C18H18Cl2NO2P/c1-3-21(4-2)24(22)16-12-14(19)10-11-15(16)17(20)18(23-24)13-8-6-5-7-9-13/h5-12H,3-4H2,1-2H3. The summed E-state index contributed by atoms with van der Waals surface area (Å²) in [6, 6.07) is 14.8. The normalized spacial score (nSPS) is 20.0. The summed E-state index contributed by atoms with van der Waals surface area (Å²) >= 11 is 12.7. The van der Waals surface area contributed by atoms with E-state index in [9.17, 15) is 4.57 Å². The summed E-state index contributed by atoms with van der Waals surface area (Å²) in [5, 5.41) is 1.52. The largest absolute Gasteiger partial charge is 0.427 e. The Balaban J connectivity index is 2.26. The molecule has 0 amide bonds. The Bertz CT molecular complexity index is 832. The van der Waals surface area contributed by atoms with Crippen LogP contribution in [0.15, 0.2) is 48.5 Å². The Morgan fingerprint density at radius 3 is 2.33 bits per heavy atom. The summed E-state index contributed by atoms with van der Waals surface area (Å²) in [6.07, 6.45) is 0. The van der Waals surface area contributed by atoms with Crippen LogP contribution in [0.1, 0.15) is 25.0 Å². The van der Waals surface area contributed by atoms with E-state index in [1.165, 1.54) is 0 Å². The van der Waals surface area contributed by atoms with E-state index in [0.29, 0.717) is 39.8 Å². The Hall–Kier alpha value is -1.25. The van der Waals surface area contributed by atoms with Gasteiger partial charge in [0.25, 0.3) is 0 Å². The Kier molecular flexibility index (Phi) is 5.08. The van der Waals surface area contributed by atoms with Gasteiger partial charge in [-0.3, -0.25) is 4.57 Å². The molecule has 1 aliphatic heterocycles. The molecule has 0 aliphatic carbocycles. The minimum atomic E-state index is -3.29. The fourth-order valence-electron chi connectivity index (χ4n) is 2.83. The van der Waals surface area contributed by atoms with Gasteiger partial charge in [0.05, 0.1) is 10.3 Å². The highest BCUT2D eigenvalue weighted by Crippen LogP contribution is 2.58. The van der Waals surface area contributed by atoms with E-state index < -0.39 is 7.52 Å². The fraction of sp³-hybridized carbons (Fsp3) is 0.222.